The number of Topliss-reactive ketones (excluding diaryl/α,β-unsaturated/α-hetero) is 1. The average molecular weight is 383 g/mol. The third-order valence-electron chi connectivity index (χ3n) is 4.68. The van der Waals surface area contributed by atoms with Gasteiger partial charge in [-0.3, -0.25) is 14.5 Å². The number of nitrogens with zero attached hydrogens (tertiary/aromatic N) is 1. The summed E-state index contributed by atoms with van der Waals surface area (Å²) in [5, 5.41) is 10.6. The Bertz CT molecular complexity index is 957. The Morgan fingerprint density at radius 3 is 2.25 bits per heavy atom. The van der Waals surface area contributed by atoms with Crippen molar-refractivity contribution in [2.24, 2.45) is 5.41 Å². The largest absolute Gasteiger partial charge is 0.503 e. The van der Waals surface area contributed by atoms with Crippen LogP contribution >= 0.6 is 0 Å². The van der Waals surface area contributed by atoms with Gasteiger partial charge in [0.25, 0.3) is 5.91 Å². The Labute approximate surface area is 163 Å². The molecule has 1 unspecified atom stereocenters. The van der Waals surface area contributed by atoms with Crippen LogP contribution in [0.4, 0.5) is 10.1 Å². The number of aliphatic hydroxyl groups excluding tert-OH is 1. The van der Waals surface area contributed by atoms with Gasteiger partial charge in [0, 0.05) is 16.7 Å². The van der Waals surface area contributed by atoms with E-state index in [1.54, 1.807) is 51.1 Å². The van der Waals surface area contributed by atoms with Crippen molar-refractivity contribution in [1.82, 2.24) is 0 Å². The summed E-state index contributed by atoms with van der Waals surface area (Å²) in [7, 11) is 1.52. The molecule has 0 saturated heterocycles. The molecule has 146 valence electrons. The summed E-state index contributed by atoms with van der Waals surface area (Å²) in [6, 6.07) is 11.4. The number of ether oxygens (including phenoxy) is 1. The maximum Gasteiger partial charge on any atom is 0.294 e. The maximum atomic E-state index is 14.7. The van der Waals surface area contributed by atoms with Gasteiger partial charge in [0.15, 0.2) is 11.5 Å². The number of aliphatic hydroxyl groups is 1. The van der Waals surface area contributed by atoms with Crippen LogP contribution in [0.1, 0.15) is 32.4 Å². The predicted octanol–water partition coefficient (Wildman–Crippen LogP) is 4.35. The van der Waals surface area contributed by atoms with Crippen molar-refractivity contribution in [2.45, 2.75) is 26.8 Å². The lowest BCUT2D eigenvalue weighted by Gasteiger charge is -2.29. The highest BCUT2D eigenvalue weighted by Gasteiger charge is 2.47. The second kappa shape index (κ2) is 7.11. The highest BCUT2D eigenvalue weighted by Crippen LogP contribution is 2.44. The van der Waals surface area contributed by atoms with Crippen molar-refractivity contribution < 1.29 is 23.8 Å². The number of hydrogen-bond donors (Lipinski definition) is 1. The SMILES string of the molecule is COc1ccc(N2C(=O)C(O)=C(C(=O)C(C)(C)C)C2c2ccccc2F)cc1. The normalized spacial score (nSPS) is 17.2. The van der Waals surface area contributed by atoms with E-state index in [1.807, 2.05) is 0 Å². The number of carbonyl (C=O) groups excluding carboxylic acids is 2. The Kier molecular flexibility index (Phi) is 4.98. The van der Waals surface area contributed by atoms with E-state index in [4.69, 9.17) is 4.74 Å². The minimum atomic E-state index is -1.06. The van der Waals surface area contributed by atoms with Gasteiger partial charge in [-0.1, -0.05) is 39.0 Å². The molecule has 1 aliphatic rings. The van der Waals surface area contributed by atoms with E-state index in [1.165, 1.54) is 30.2 Å². The van der Waals surface area contributed by atoms with Crippen molar-refractivity contribution in [2.75, 3.05) is 12.0 Å². The molecule has 2 aromatic rings. The van der Waals surface area contributed by atoms with Crippen LogP contribution < -0.4 is 9.64 Å². The molecule has 0 saturated carbocycles. The number of ketones is 1. The molecule has 1 amide bonds. The van der Waals surface area contributed by atoms with E-state index in [-0.39, 0.29) is 11.1 Å². The number of amides is 1. The second-order valence-electron chi connectivity index (χ2n) is 7.64. The quantitative estimate of drug-likeness (QED) is 0.852. The number of benzene rings is 2. The van der Waals surface area contributed by atoms with E-state index < -0.39 is 34.7 Å². The molecule has 0 aromatic heterocycles. The molecule has 5 nitrogen and oxygen atoms in total. The number of halogens is 1. The standard InChI is InChI=1S/C22H22FNO4/c1-22(2,3)20(26)17-18(15-7-5-6-8-16(15)23)24(21(27)19(17)25)13-9-11-14(28-4)12-10-13/h5-12,18,25H,1-4H3. The molecule has 0 aliphatic carbocycles. The molecular weight excluding hydrogens is 361 g/mol. The van der Waals surface area contributed by atoms with Gasteiger partial charge < -0.3 is 9.84 Å². The summed E-state index contributed by atoms with van der Waals surface area (Å²) in [5.74, 6) is -1.79. The molecule has 1 atom stereocenters. The topological polar surface area (TPSA) is 66.8 Å². The van der Waals surface area contributed by atoms with Crippen LogP contribution in [0.2, 0.25) is 0 Å². The summed E-state index contributed by atoms with van der Waals surface area (Å²) in [5.41, 5.74) is -0.396. The molecular formula is C22H22FNO4. The Morgan fingerprint density at radius 1 is 1.11 bits per heavy atom. The summed E-state index contributed by atoms with van der Waals surface area (Å²) in [6.45, 7) is 5.07. The fourth-order valence-electron chi connectivity index (χ4n) is 3.24. The zero-order valence-corrected chi connectivity index (χ0v) is 16.2. The second-order valence-corrected chi connectivity index (χ2v) is 7.64. The van der Waals surface area contributed by atoms with Crippen LogP contribution in [0.15, 0.2) is 59.9 Å². The Balaban J connectivity index is 2.21. The predicted molar refractivity (Wildman–Crippen MR) is 104 cm³/mol. The van der Waals surface area contributed by atoms with E-state index >= 15 is 0 Å². The molecule has 3 rings (SSSR count). The van der Waals surface area contributed by atoms with E-state index in [0.29, 0.717) is 11.4 Å². The number of anilines is 1. The lowest BCUT2D eigenvalue weighted by molar-refractivity contribution is -0.123. The first-order chi connectivity index (χ1) is 13.2. The van der Waals surface area contributed by atoms with Crippen molar-refractivity contribution in [3.8, 4) is 5.75 Å². The third kappa shape index (κ3) is 3.26. The van der Waals surface area contributed by atoms with Gasteiger partial charge >= 0.3 is 0 Å². The summed E-state index contributed by atoms with van der Waals surface area (Å²) < 4.78 is 19.8. The maximum absolute atomic E-state index is 14.7. The molecule has 1 aliphatic heterocycles. The molecule has 1 N–H and O–H groups in total. The molecule has 1 heterocycles. The van der Waals surface area contributed by atoms with Gasteiger partial charge in [0.05, 0.1) is 18.7 Å². The monoisotopic (exact) mass is 383 g/mol. The molecule has 0 fully saturated rings. The zero-order valence-electron chi connectivity index (χ0n) is 16.2. The van der Waals surface area contributed by atoms with Gasteiger partial charge in [-0.2, -0.15) is 0 Å². The van der Waals surface area contributed by atoms with Crippen LogP contribution in [0.3, 0.4) is 0 Å². The van der Waals surface area contributed by atoms with Crippen molar-refractivity contribution in [3.05, 3.63) is 71.2 Å². The first-order valence-corrected chi connectivity index (χ1v) is 8.86. The van der Waals surface area contributed by atoms with Crippen molar-refractivity contribution in [1.29, 1.82) is 0 Å². The average Bonchev–Trinajstić information content (AvgIpc) is 2.92. The van der Waals surface area contributed by atoms with Crippen molar-refractivity contribution in [3.63, 3.8) is 0 Å². The summed E-state index contributed by atoms with van der Waals surface area (Å²) in [4.78, 5) is 27.2. The minimum absolute atomic E-state index is 0.0987. The van der Waals surface area contributed by atoms with Crippen molar-refractivity contribution >= 4 is 17.4 Å². The number of rotatable bonds is 4. The smallest absolute Gasteiger partial charge is 0.294 e. The van der Waals surface area contributed by atoms with Gasteiger partial charge in [-0.05, 0) is 30.3 Å². The van der Waals surface area contributed by atoms with Crippen LogP contribution in [0.25, 0.3) is 0 Å². The molecule has 0 bridgehead atoms. The van der Waals surface area contributed by atoms with Crippen LogP contribution in [0.5, 0.6) is 5.75 Å². The van der Waals surface area contributed by atoms with E-state index in [9.17, 15) is 19.1 Å². The number of methoxy groups -OCH3 is 1. The third-order valence-corrected chi connectivity index (χ3v) is 4.68. The van der Waals surface area contributed by atoms with E-state index in [0.717, 1.165) is 0 Å². The van der Waals surface area contributed by atoms with Gasteiger partial charge in [0.1, 0.15) is 11.6 Å². The number of carbonyl (C=O) groups is 2. The van der Waals surface area contributed by atoms with Crippen LogP contribution in [0, 0.1) is 11.2 Å². The van der Waals surface area contributed by atoms with Gasteiger partial charge in [-0.15, -0.1) is 0 Å². The van der Waals surface area contributed by atoms with Gasteiger partial charge in [0.2, 0.25) is 0 Å². The Hall–Kier alpha value is -3.15. The highest BCUT2D eigenvalue weighted by molar-refractivity contribution is 6.17. The fourth-order valence-corrected chi connectivity index (χ4v) is 3.24. The Morgan fingerprint density at radius 2 is 1.71 bits per heavy atom. The zero-order chi connectivity index (χ0) is 20.6. The highest BCUT2D eigenvalue weighted by atomic mass is 19.1. The lowest BCUT2D eigenvalue weighted by atomic mass is 9.82. The van der Waals surface area contributed by atoms with Gasteiger partial charge in [-0.25, -0.2) is 4.39 Å². The molecule has 28 heavy (non-hydrogen) atoms. The van der Waals surface area contributed by atoms with Crippen LogP contribution in [-0.2, 0) is 9.59 Å². The first kappa shape index (κ1) is 19.6. The van der Waals surface area contributed by atoms with Crippen LogP contribution in [-0.4, -0.2) is 23.9 Å². The summed E-state index contributed by atoms with van der Waals surface area (Å²) in [6.07, 6.45) is 0. The molecule has 2 aromatic carbocycles. The lowest BCUT2D eigenvalue weighted by Crippen LogP contribution is -2.33. The molecule has 0 radical (unpaired) electrons. The molecule has 6 heteroatoms. The minimum Gasteiger partial charge on any atom is -0.503 e. The van der Waals surface area contributed by atoms with E-state index in [2.05, 4.69) is 0 Å². The first-order valence-electron chi connectivity index (χ1n) is 8.86. The number of hydrogen-bond acceptors (Lipinski definition) is 4. The summed E-state index contributed by atoms with van der Waals surface area (Å²) >= 11 is 0. The fraction of sp³-hybridized carbons (Fsp3) is 0.273. The molecule has 0 spiro atoms.